The summed E-state index contributed by atoms with van der Waals surface area (Å²) in [4.78, 5) is 12.0. The third kappa shape index (κ3) is 2.85. The molecule has 20 heavy (non-hydrogen) atoms. The van der Waals surface area contributed by atoms with Gasteiger partial charge in [0.2, 0.25) is 0 Å². The van der Waals surface area contributed by atoms with Gasteiger partial charge in [-0.2, -0.15) is 0 Å². The molecule has 0 spiro atoms. The first-order chi connectivity index (χ1) is 9.67. The van der Waals surface area contributed by atoms with Gasteiger partial charge in [0.15, 0.2) is 0 Å². The molecular formula is C16H20N2O2. The van der Waals surface area contributed by atoms with Crippen LogP contribution in [0, 0.1) is 0 Å². The lowest BCUT2D eigenvalue weighted by Crippen LogP contribution is -2.23. The van der Waals surface area contributed by atoms with Crippen LogP contribution in [0.15, 0.2) is 41.2 Å². The van der Waals surface area contributed by atoms with Crippen molar-refractivity contribution in [1.29, 1.82) is 0 Å². The van der Waals surface area contributed by atoms with Crippen molar-refractivity contribution in [3.05, 3.63) is 46.8 Å². The average molecular weight is 272 g/mol. The maximum atomic E-state index is 12.0. The molecule has 2 rings (SSSR count). The third-order valence-corrected chi connectivity index (χ3v) is 3.14. The summed E-state index contributed by atoms with van der Waals surface area (Å²) in [5, 5.41) is 0. The zero-order valence-electron chi connectivity index (χ0n) is 11.9. The minimum atomic E-state index is -0.142. The highest BCUT2D eigenvalue weighted by atomic mass is 16.5. The molecule has 0 aliphatic heterocycles. The van der Waals surface area contributed by atoms with Crippen LogP contribution in [0.4, 0.5) is 5.69 Å². The van der Waals surface area contributed by atoms with E-state index in [1.807, 2.05) is 37.3 Å². The van der Waals surface area contributed by atoms with Gasteiger partial charge in [0.1, 0.15) is 5.75 Å². The lowest BCUT2D eigenvalue weighted by atomic mass is 10.1. The molecule has 0 aliphatic carbocycles. The molecular weight excluding hydrogens is 252 g/mol. The van der Waals surface area contributed by atoms with E-state index in [0.29, 0.717) is 13.2 Å². The van der Waals surface area contributed by atoms with Crippen molar-refractivity contribution in [3.63, 3.8) is 0 Å². The Morgan fingerprint density at radius 1 is 1.10 bits per heavy atom. The summed E-state index contributed by atoms with van der Waals surface area (Å²) >= 11 is 0. The van der Waals surface area contributed by atoms with Crippen LogP contribution in [0.1, 0.15) is 20.3 Å². The van der Waals surface area contributed by atoms with Gasteiger partial charge in [0, 0.05) is 6.54 Å². The summed E-state index contributed by atoms with van der Waals surface area (Å²) in [5.74, 6) is 0.844. The zero-order valence-corrected chi connectivity index (χ0v) is 11.9. The Morgan fingerprint density at radius 3 is 2.40 bits per heavy atom. The van der Waals surface area contributed by atoms with E-state index in [4.69, 9.17) is 10.5 Å². The predicted octanol–water partition coefficient (Wildman–Crippen LogP) is 2.91. The fourth-order valence-electron chi connectivity index (χ4n) is 2.10. The first kappa shape index (κ1) is 14.2. The second-order valence-corrected chi connectivity index (χ2v) is 4.60. The highest BCUT2D eigenvalue weighted by Crippen LogP contribution is 2.22. The molecule has 2 aromatic rings. The third-order valence-electron chi connectivity index (χ3n) is 3.14. The van der Waals surface area contributed by atoms with Crippen LogP contribution in [-0.4, -0.2) is 11.2 Å². The predicted molar refractivity (Wildman–Crippen MR) is 82.0 cm³/mol. The highest BCUT2D eigenvalue weighted by molar-refractivity contribution is 5.62. The number of pyridine rings is 1. The van der Waals surface area contributed by atoms with Gasteiger partial charge in [0.25, 0.3) is 5.56 Å². The molecule has 4 nitrogen and oxygen atoms in total. The van der Waals surface area contributed by atoms with Crippen LogP contribution in [0.25, 0.3) is 11.3 Å². The average Bonchev–Trinajstić information content (AvgIpc) is 2.48. The van der Waals surface area contributed by atoms with Gasteiger partial charge in [-0.1, -0.05) is 6.92 Å². The normalized spacial score (nSPS) is 10.5. The SMILES string of the molecule is CCCOc1ccc(-c2ccc(N)c(=O)n2CC)cc1. The Hall–Kier alpha value is -2.23. The molecule has 2 N–H and O–H groups in total. The summed E-state index contributed by atoms with van der Waals surface area (Å²) in [7, 11) is 0. The van der Waals surface area contributed by atoms with E-state index in [2.05, 4.69) is 6.92 Å². The Kier molecular flexibility index (Phi) is 4.45. The number of ether oxygens (including phenoxy) is 1. The minimum absolute atomic E-state index is 0.142. The van der Waals surface area contributed by atoms with E-state index in [0.717, 1.165) is 23.4 Å². The molecule has 0 radical (unpaired) electrons. The molecule has 0 saturated carbocycles. The van der Waals surface area contributed by atoms with Crippen molar-refractivity contribution in [2.45, 2.75) is 26.8 Å². The molecule has 1 aromatic heterocycles. The van der Waals surface area contributed by atoms with Crippen molar-refractivity contribution in [1.82, 2.24) is 4.57 Å². The fraction of sp³-hybridized carbons (Fsp3) is 0.312. The number of rotatable bonds is 5. The summed E-state index contributed by atoms with van der Waals surface area (Å²) in [5.41, 5.74) is 7.65. The van der Waals surface area contributed by atoms with E-state index in [1.165, 1.54) is 0 Å². The molecule has 106 valence electrons. The number of benzene rings is 1. The van der Waals surface area contributed by atoms with E-state index in [9.17, 15) is 4.79 Å². The van der Waals surface area contributed by atoms with Crippen LogP contribution in [0.3, 0.4) is 0 Å². The molecule has 0 saturated heterocycles. The molecule has 0 amide bonds. The summed E-state index contributed by atoms with van der Waals surface area (Å²) in [6.07, 6.45) is 0.981. The van der Waals surface area contributed by atoms with Gasteiger partial charge < -0.3 is 15.0 Å². The van der Waals surface area contributed by atoms with E-state index in [-0.39, 0.29) is 11.2 Å². The van der Waals surface area contributed by atoms with Crippen LogP contribution >= 0.6 is 0 Å². The maximum absolute atomic E-state index is 12.0. The summed E-state index contributed by atoms with van der Waals surface area (Å²) < 4.78 is 7.23. The standard InChI is InChI=1S/C16H20N2O2/c1-3-11-20-13-7-5-12(6-8-13)15-10-9-14(17)16(19)18(15)4-2/h5-10H,3-4,11,17H2,1-2H3. The van der Waals surface area contributed by atoms with Crippen LogP contribution < -0.4 is 16.0 Å². The Morgan fingerprint density at radius 2 is 1.80 bits per heavy atom. The number of anilines is 1. The van der Waals surface area contributed by atoms with Crippen molar-refractivity contribution in [2.75, 3.05) is 12.3 Å². The Bertz CT molecular complexity index is 630. The minimum Gasteiger partial charge on any atom is -0.494 e. The van der Waals surface area contributed by atoms with Crippen LogP contribution in [-0.2, 0) is 6.54 Å². The largest absolute Gasteiger partial charge is 0.494 e. The maximum Gasteiger partial charge on any atom is 0.274 e. The summed E-state index contributed by atoms with van der Waals surface area (Å²) in [6.45, 7) is 5.31. The van der Waals surface area contributed by atoms with Crippen LogP contribution in [0.5, 0.6) is 5.75 Å². The molecule has 0 fully saturated rings. The second-order valence-electron chi connectivity index (χ2n) is 4.60. The van der Waals surface area contributed by atoms with Crippen molar-refractivity contribution < 1.29 is 4.74 Å². The number of hydrogen-bond acceptors (Lipinski definition) is 3. The molecule has 0 aliphatic rings. The lowest BCUT2D eigenvalue weighted by Gasteiger charge is -2.12. The Balaban J connectivity index is 2.37. The molecule has 0 atom stereocenters. The fourth-order valence-corrected chi connectivity index (χ4v) is 2.10. The molecule has 1 heterocycles. The van der Waals surface area contributed by atoms with Gasteiger partial charge in [-0.25, -0.2) is 0 Å². The van der Waals surface area contributed by atoms with Crippen LogP contribution in [0.2, 0.25) is 0 Å². The van der Waals surface area contributed by atoms with E-state index >= 15 is 0 Å². The van der Waals surface area contributed by atoms with E-state index < -0.39 is 0 Å². The second kappa shape index (κ2) is 6.28. The molecule has 0 unspecified atom stereocenters. The summed E-state index contributed by atoms with van der Waals surface area (Å²) in [6, 6.07) is 11.3. The zero-order chi connectivity index (χ0) is 14.5. The van der Waals surface area contributed by atoms with E-state index in [1.54, 1.807) is 10.6 Å². The van der Waals surface area contributed by atoms with Gasteiger partial charge in [-0.05, 0) is 55.3 Å². The first-order valence-electron chi connectivity index (χ1n) is 6.90. The van der Waals surface area contributed by atoms with Gasteiger partial charge in [-0.15, -0.1) is 0 Å². The van der Waals surface area contributed by atoms with Gasteiger partial charge >= 0.3 is 0 Å². The number of aromatic nitrogens is 1. The lowest BCUT2D eigenvalue weighted by molar-refractivity contribution is 0.317. The molecule has 0 bridgehead atoms. The number of nitrogen functional groups attached to an aromatic ring is 1. The Labute approximate surface area is 118 Å². The molecule has 1 aromatic carbocycles. The topological polar surface area (TPSA) is 57.2 Å². The molecule has 4 heteroatoms. The van der Waals surface area contributed by atoms with Crippen molar-refractivity contribution >= 4 is 5.69 Å². The number of nitrogens with two attached hydrogens (primary N) is 1. The van der Waals surface area contributed by atoms with Gasteiger partial charge in [-0.3, -0.25) is 4.79 Å². The smallest absolute Gasteiger partial charge is 0.274 e. The van der Waals surface area contributed by atoms with Crippen molar-refractivity contribution in [3.8, 4) is 17.0 Å². The number of hydrogen-bond donors (Lipinski definition) is 1. The monoisotopic (exact) mass is 272 g/mol. The quantitative estimate of drug-likeness (QED) is 0.910. The highest BCUT2D eigenvalue weighted by Gasteiger charge is 2.07. The first-order valence-corrected chi connectivity index (χ1v) is 6.90. The van der Waals surface area contributed by atoms with Crippen molar-refractivity contribution in [2.24, 2.45) is 0 Å². The van der Waals surface area contributed by atoms with Gasteiger partial charge in [0.05, 0.1) is 18.0 Å². The number of nitrogens with zero attached hydrogens (tertiary/aromatic N) is 1.